The first-order valence-electron chi connectivity index (χ1n) is 8.54. The minimum Gasteiger partial charge on any atom is -0.494 e. The van der Waals surface area contributed by atoms with Crippen LogP contribution in [0.2, 0.25) is 5.02 Å². The Labute approximate surface area is 155 Å². The molecule has 1 amide bonds. The Balaban J connectivity index is 0.00000208. The molecule has 1 aromatic rings. The Morgan fingerprint density at radius 2 is 2.12 bits per heavy atom. The molecule has 6 heteroatoms. The van der Waals surface area contributed by atoms with E-state index in [0.29, 0.717) is 25.1 Å². The van der Waals surface area contributed by atoms with E-state index in [2.05, 4.69) is 5.32 Å². The number of rotatable bonds is 5. The number of amides is 1. The van der Waals surface area contributed by atoms with Gasteiger partial charge in [-0.15, -0.1) is 12.4 Å². The number of likely N-dealkylation sites (tertiary alicyclic amines) is 1. The van der Waals surface area contributed by atoms with Crippen molar-refractivity contribution in [3.63, 3.8) is 0 Å². The Hall–Kier alpha value is -0.970. The molecule has 0 saturated carbocycles. The van der Waals surface area contributed by atoms with Gasteiger partial charge in [-0.2, -0.15) is 0 Å². The van der Waals surface area contributed by atoms with Gasteiger partial charge in [-0.25, -0.2) is 0 Å². The highest BCUT2D eigenvalue weighted by Gasteiger charge is 2.30. The molecule has 2 unspecified atom stereocenters. The first kappa shape index (κ1) is 19.4. The molecule has 2 saturated heterocycles. The van der Waals surface area contributed by atoms with Crippen molar-refractivity contribution in [3.05, 3.63) is 28.8 Å². The smallest absolute Gasteiger partial charge is 0.222 e. The second-order valence-corrected chi connectivity index (χ2v) is 7.04. The SMILES string of the molecule is Cc1cc(OCCCC(=O)N2CCC3CCC(C2)N3)ccc1Cl.Cl. The number of fused-ring (bicyclic) bond motifs is 2. The minimum atomic E-state index is 0. The number of halogens is 2. The molecular formula is C18H26Cl2N2O2. The third kappa shape index (κ3) is 5.01. The Morgan fingerprint density at radius 3 is 2.92 bits per heavy atom. The van der Waals surface area contributed by atoms with Crippen LogP contribution in [0.15, 0.2) is 18.2 Å². The summed E-state index contributed by atoms with van der Waals surface area (Å²) >= 11 is 6.00. The zero-order valence-electron chi connectivity index (χ0n) is 14.1. The Morgan fingerprint density at radius 1 is 1.33 bits per heavy atom. The first-order valence-corrected chi connectivity index (χ1v) is 8.92. The second-order valence-electron chi connectivity index (χ2n) is 6.63. The van der Waals surface area contributed by atoms with Gasteiger partial charge in [0.2, 0.25) is 5.91 Å². The standard InChI is InChI=1S/C18H25ClN2O2.ClH/c1-13-11-16(6-7-17(13)19)23-10-2-3-18(22)21-9-8-14-4-5-15(12-21)20-14;/h6-7,11,14-15,20H,2-5,8-10,12H2,1H3;1H. The molecular weight excluding hydrogens is 347 g/mol. The maximum atomic E-state index is 12.4. The highest BCUT2D eigenvalue weighted by molar-refractivity contribution is 6.31. The maximum absolute atomic E-state index is 12.4. The number of benzene rings is 1. The van der Waals surface area contributed by atoms with Crippen LogP contribution in [0.1, 0.15) is 37.7 Å². The van der Waals surface area contributed by atoms with Crippen molar-refractivity contribution in [2.45, 2.75) is 51.1 Å². The van der Waals surface area contributed by atoms with E-state index < -0.39 is 0 Å². The topological polar surface area (TPSA) is 41.6 Å². The predicted octanol–water partition coefficient (Wildman–Crippen LogP) is 3.58. The fraction of sp³-hybridized carbons (Fsp3) is 0.611. The van der Waals surface area contributed by atoms with Crippen molar-refractivity contribution in [1.82, 2.24) is 10.2 Å². The largest absolute Gasteiger partial charge is 0.494 e. The lowest BCUT2D eigenvalue weighted by Crippen LogP contribution is -2.39. The summed E-state index contributed by atoms with van der Waals surface area (Å²) in [4.78, 5) is 14.4. The summed E-state index contributed by atoms with van der Waals surface area (Å²) in [6, 6.07) is 6.76. The van der Waals surface area contributed by atoms with Gasteiger partial charge in [0.1, 0.15) is 5.75 Å². The van der Waals surface area contributed by atoms with Crippen molar-refractivity contribution < 1.29 is 9.53 Å². The summed E-state index contributed by atoms with van der Waals surface area (Å²) in [6.07, 6.45) is 4.86. The quantitative estimate of drug-likeness (QED) is 0.803. The summed E-state index contributed by atoms with van der Waals surface area (Å²) in [7, 11) is 0. The van der Waals surface area contributed by atoms with E-state index in [1.54, 1.807) is 0 Å². The van der Waals surface area contributed by atoms with Gasteiger partial charge in [-0.05, 0) is 56.4 Å². The lowest BCUT2D eigenvalue weighted by molar-refractivity contribution is -0.131. The van der Waals surface area contributed by atoms with Crippen LogP contribution in [0.4, 0.5) is 0 Å². The molecule has 4 nitrogen and oxygen atoms in total. The summed E-state index contributed by atoms with van der Waals surface area (Å²) in [6.45, 7) is 4.28. The van der Waals surface area contributed by atoms with Crippen LogP contribution < -0.4 is 10.1 Å². The summed E-state index contributed by atoms with van der Waals surface area (Å²) in [5, 5.41) is 4.35. The van der Waals surface area contributed by atoms with E-state index in [9.17, 15) is 4.79 Å². The van der Waals surface area contributed by atoms with E-state index in [4.69, 9.17) is 16.3 Å². The molecule has 0 aromatic heterocycles. The van der Waals surface area contributed by atoms with Gasteiger partial charge in [0.25, 0.3) is 0 Å². The third-order valence-corrected chi connectivity index (χ3v) is 5.23. The number of hydrogen-bond donors (Lipinski definition) is 1. The van der Waals surface area contributed by atoms with E-state index in [-0.39, 0.29) is 18.3 Å². The van der Waals surface area contributed by atoms with Gasteiger partial charge in [-0.1, -0.05) is 11.6 Å². The minimum absolute atomic E-state index is 0. The third-order valence-electron chi connectivity index (χ3n) is 4.81. The molecule has 2 aliphatic rings. The number of carbonyl (C=O) groups excluding carboxylic acids is 1. The summed E-state index contributed by atoms with van der Waals surface area (Å²) in [5.74, 6) is 1.07. The van der Waals surface area contributed by atoms with Gasteiger partial charge in [-0.3, -0.25) is 4.79 Å². The average Bonchev–Trinajstić information content (AvgIpc) is 2.86. The average molecular weight is 373 g/mol. The number of nitrogens with one attached hydrogen (secondary N) is 1. The van der Waals surface area contributed by atoms with Crippen molar-refractivity contribution in [2.75, 3.05) is 19.7 Å². The maximum Gasteiger partial charge on any atom is 0.222 e. The molecule has 2 fully saturated rings. The first-order chi connectivity index (χ1) is 11.1. The second kappa shape index (κ2) is 8.93. The van der Waals surface area contributed by atoms with Crippen LogP contribution in [0.5, 0.6) is 5.75 Å². The predicted molar refractivity (Wildman–Crippen MR) is 99.3 cm³/mol. The number of carbonyl (C=O) groups is 1. The molecule has 0 aliphatic carbocycles. The number of aryl methyl sites for hydroxylation is 1. The van der Waals surface area contributed by atoms with E-state index in [1.165, 1.54) is 12.8 Å². The van der Waals surface area contributed by atoms with Crippen LogP contribution in [0.3, 0.4) is 0 Å². The van der Waals surface area contributed by atoms with Crippen LogP contribution >= 0.6 is 24.0 Å². The Kier molecular flexibility index (Phi) is 7.20. The number of hydrogen-bond acceptors (Lipinski definition) is 3. The lowest BCUT2D eigenvalue weighted by atomic mass is 10.1. The monoisotopic (exact) mass is 372 g/mol. The molecule has 0 radical (unpaired) electrons. The van der Waals surface area contributed by atoms with Gasteiger partial charge < -0.3 is 15.0 Å². The summed E-state index contributed by atoms with van der Waals surface area (Å²) < 4.78 is 5.71. The zero-order chi connectivity index (χ0) is 16.2. The molecule has 1 N–H and O–H groups in total. The lowest BCUT2D eigenvalue weighted by Gasteiger charge is -2.24. The number of nitrogens with zero attached hydrogens (tertiary/aromatic N) is 1. The fourth-order valence-corrected chi connectivity index (χ4v) is 3.57. The molecule has 2 aliphatic heterocycles. The fourth-order valence-electron chi connectivity index (χ4n) is 3.45. The van der Waals surface area contributed by atoms with Crippen molar-refractivity contribution in [2.24, 2.45) is 0 Å². The highest BCUT2D eigenvalue weighted by atomic mass is 35.5. The van der Waals surface area contributed by atoms with Crippen LogP contribution in [0, 0.1) is 6.92 Å². The van der Waals surface area contributed by atoms with Gasteiger partial charge in [0, 0.05) is 36.6 Å². The molecule has 2 heterocycles. The normalized spacial score (nSPS) is 22.7. The highest BCUT2D eigenvalue weighted by Crippen LogP contribution is 2.22. The van der Waals surface area contributed by atoms with Gasteiger partial charge in [0.05, 0.1) is 6.61 Å². The molecule has 134 valence electrons. The molecule has 3 rings (SSSR count). The molecule has 24 heavy (non-hydrogen) atoms. The van der Waals surface area contributed by atoms with Crippen LogP contribution in [-0.2, 0) is 4.79 Å². The Bertz CT molecular complexity index is 568. The zero-order valence-corrected chi connectivity index (χ0v) is 15.7. The molecule has 0 spiro atoms. The van der Waals surface area contributed by atoms with E-state index >= 15 is 0 Å². The van der Waals surface area contributed by atoms with E-state index in [0.717, 1.165) is 42.3 Å². The van der Waals surface area contributed by atoms with E-state index in [1.807, 2.05) is 30.0 Å². The molecule has 2 bridgehead atoms. The van der Waals surface area contributed by atoms with Gasteiger partial charge in [0.15, 0.2) is 0 Å². The molecule has 1 aromatic carbocycles. The van der Waals surface area contributed by atoms with Crippen molar-refractivity contribution >= 4 is 29.9 Å². The summed E-state index contributed by atoms with van der Waals surface area (Å²) in [5.41, 5.74) is 1.01. The van der Waals surface area contributed by atoms with Crippen molar-refractivity contribution in [1.29, 1.82) is 0 Å². The molecule has 2 atom stereocenters. The number of ether oxygens (including phenoxy) is 1. The van der Waals surface area contributed by atoms with Crippen molar-refractivity contribution in [3.8, 4) is 5.75 Å². The van der Waals surface area contributed by atoms with Crippen LogP contribution in [-0.4, -0.2) is 42.6 Å². The van der Waals surface area contributed by atoms with Crippen LogP contribution in [0.25, 0.3) is 0 Å². The van der Waals surface area contributed by atoms with Gasteiger partial charge >= 0.3 is 0 Å².